The fraction of sp³-hybridized carbons (Fsp3) is 0.762. The van der Waals surface area contributed by atoms with Gasteiger partial charge in [-0.3, -0.25) is 14.4 Å². The van der Waals surface area contributed by atoms with Crippen LogP contribution in [0, 0.1) is 5.92 Å². The number of nitrogens with zero attached hydrogens (tertiary/aromatic N) is 4. The number of rotatable bonds is 5. The van der Waals surface area contributed by atoms with E-state index in [2.05, 4.69) is 23.8 Å². The molecule has 0 radical (unpaired) electrons. The van der Waals surface area contributed by atoms with Crippen LogP contribution in [0.25, 0.3) is 0 Å². The van der Waals surface area contributed by atoms with Gasteiger partial charge in [-0.05, 0) is 44.7 Å². The maximum Gasteiger partial charge on any atom is 0.356 e. The molecule has 28 heavy (non-hydrogen) atoms. The zero-order valence-corrected chi connectivity index (χ0v) is 17.1. The van der Waals surface area contributed by atoms with Crippen LogP contribution in [-0.4, -0.2) is 61.7 Å². The Balaban J connectivity index is 1.62. The summed E-state index contributed by atoms with van der Waals surface area (Å²) in [5, 5.41) is 14.0. The lowest BCUT2D eigenvalue weighted by molar-refractivity contribution is -0.145. The second kappa shape index (κ2) is 7.50. The van der Waals surface area contributed by atoms with Gasteiger partial charge < -0.3 is 10.0 Å². The quantitative estimate of drug-likeness (QED) is 0.839. The summed E-state index contributed by atoms with van der Waals surface area (Å²) >= 11 is 0. The summed E-state index contributed by atoms with van der Waals surface area (Å²) in [6.07, 6.45) is 7.11. The van der Waals surface area contributed by atoms with E-state index in [1.165, 1.54) is 12.8 Å². The van der Waals surface area contributed by atoms with Crippen molar-refractivity contribution < 1.29 is 14.7 Å². The van der Waals surface area contributed by atoms with Crippen molar-refractivity contribution in [3.05, 3.63) is 17.0 Å². The molecule has 1 amide bonds. The molecule has 1 saturated carbocycles. The molecule has 4 rings (SSSR count). The number of aromatic nitrogens is 2. The molecule has 3 aliphatic rings. The monoisotopic (exact) mass is 388 g/mol. The molecule has 0 unspecified atom stereocenters. The van der Waals surface area contributed by atoms with E-state index in [1.54, 1.807) is 0 Å². The Labute approximate surface area is 166 Å². The van der Waals surface area contributed by atoms with E-state index in [4.69, 9.17) is 0 Å². The van der Waals surface area contributed by atoms with Crippen molar-refractivity contribution in [2.75, 3.05) is 19.6 Å². The molecule has 1 saturated heterocycles. The largest absolute Gasteiger partial charge is 0.476 e. The van der Waals surface area contributed by atoms with Crippen LogP contribution in [0.4, 0.5) is 0 Å². The molecule has 2 aliphatic heterocycles. The zero-order chi connectivity index (χ0) is 19.9. The number of carbonyl (C=O) groups excluding carboxylic acids is 1. The highest BCUT2D eigenvalue weighted by Gasteiger charge is 2.49. The van der Waals surface area contributed by atoms with Crippen molar-refractivity contribution in [1.29, 1.82) is 0 Å². The SMILES string of the molecule is CC(C)Cn1nc(C(=O)O)c2c1CCN(C(=O)C1(N3CCCC3)CCCC1)C2. The Morgan fingerprint density at radius 1 is 1.11 bits per heavy atom. The van der Waals surface area contributed by atoms with E-state index in [-0.39, 0.29) is 17.1 Å². The summed E-state index contributed by atoms with van der Waals surface area (Å²) in [6.45, 7) is 7.98. The molecule has 7 heteroatoms. The summed E-state index contributed by atoms with van der Waals surface area (Å²) in [6, 6.07) is 0. The highest BCUT2D eigenvalue weighted by molar-refractivity contribution is 5.89. The topological polar surface area (TPSA) is 78.7 Å². The van der Waals surface area contributed by atoms with Crippen molar-refractivity contribution in [3.63, 3.8) is 0 Å². The number of aromatic carboxylic acids is 1. The summed E-state index contributed by atoms with van der Waals surface area (Å²) in [5.41, 5.74) is 1.50. The number of carbonyl (C=O) groups is 2. The Morgan fingerprint density at radius 3 is 2.39 bits per heavy atom. The van der Waals surface area contributed by atoms with Crippen molar-refractivity contribution in [3.8, 4) is 0 Å². The van der Waals surface area contributed by atoms with Crippen LogP contribution < -0.4 is 0 Å². The maximum absolute atomic E-state index is 13.7. The van der Waals surface area contributed by atoms with Crippen LogP contribution in [0.1, 0.15) is 74.1 Å². The molecule has 0 bridgehead atoms. The first-order valence-electron chi connectivity index (χ1n) is 10.8. The smallest absolute Gasteiger partial charge is 0.356 e. The van der Waals surface area contributed by atoms with Crippen molar-refractivity contribution in [1.82, 2.24) is 19.6 Å². The van der Waals surface area contributed by atoms with Gasteiger partial charge in [0.2, 0.25) is 5.91 Å². The number of likely N-dealkylation sites (tertiary alicyclic amines) is 1. The lowest BCUT2D eigenvalue weighted by Crippen LogP contribution is -2.58. The first-order valence-corrected chi connectivity index (χ1v) is 10.8. The molecule has 1 aromatic rings. The molecule has 0 aromatic carbocycles. The number of amides is 1. The molecule has 1 aromatic heterocycles. The van der Waals surface area contributed by atoms with Crippen LogP contribution >= 0.6 is 0 Å². The molecule has 0 atom stereocenters. The van der Waals surface area contributed by atoms with Gasteiger partial charge in [-0.15, -0.1) is 0 Å². The highest BCUT2D eigenvalue weighted by atomic mass is 16.4. The van der Waals surface area contributed by atoms with Gasteiger partial charge >= 0.3 is 5.97 Å². The molecule has 1 N–H and O–H groups in total. The zero-order valence-electron chi connectivity index (χ0n) is 17.1. The van der Waals surface area contributed by atoms with Crippen LogP contribution in [0.3, 0.4) is 0 Å². The Morgan fingerprint density at radius 2 is 1.79 bits per heavy atom. The van der Waals surface area contributed by atoms with Crippen molar-refractivity contribution in [2.24, 2.45) is 5.92 Å². The summed E-state index contributed by atoms with van der Waals surface area (Å²) in [7, 11) is 0. The van der Waals surface area contributed by atoms with Gasteiger partial charge in [0.1, 0.15) is 5.54 Å². The lowest BCUT2D eigenvalue weighted by Gasteiger charge is -2.42. The van der Waals surface area contributed by atoms with Gasteiger partial charge in [0, 0.05) is 37.3 Å². The van der Waals surface area contributed by atoms with Crippen LogP contribution in [0.5, 0.6) is 0 Å². The maximum atomic E-state index is 13.7. The standard InChI is InChI=1S/C21H32N4O3/c1-15(2)13-25-17-7-12-23(14-16(17)18(22-25)19(26)27)20(28)21(8-3-4-9-21)24-10-5-6-11-24/h15H,3-14H2,1-2H3,(H,26,27). The average molecular weight is 389 g/mol. The number of carboxylic acids is 1. The first-order chi connectivity index (χ1) is 13.4. The Hall–Kier alpha value is -1.89. The predicted octanol–water partition coefficient (Wildman–Crippen LogP) is 2.53. The molecule has 1 aliphatic carbocycles. The van der Waals surface area contributed by atoms with E-state index in [0.717, 1.165) is 50.0 Å². The molecular formula is C21H32N4O3. The van der Waals surface area contributed by atoms with Crippen molar-refractivity contribution >= 4 is 11.9 Å². The molecule has 154 valence electrons. The van der Waals surface area contributed by atoms with E-state index < -0.39 is 5.97 Å². The predicted molar refractivity (Wildman–Crippen MR) is 105 cm³/mol. The van der Waals surface area contributed by atoms with E-state index in [0.29, 0.717) is 32.0 Å². The fourth-order valence-corrected chi connectivity index (χ4v) is 5.40. The van der Waals surface area contributed by atoms with Crippen LogP contribution in [0.2, 0.25) is 0 Å². The minimum atomic E-state index is -0.997. The molecule has 0 spiro atoms. The molecule has 3 heterocycles. The molecule has 2 fully saturated rings. The average Bonchev–Trinajstić information content (AvgIpc) is 3.40. The van der Waals surface area contributed by atoms with E-state index in [1.807, 2.05) is 9.58 Å². The van der Waals surface area contributed by atoms with Crippen molar-refractivity contribution in [2.45, 2.75) is 77.4 Å². The number of hydrogen-bond acceptors (Lipinski definition) is 4. The number of carboxylic acid groups (broad SMARTS) is 1. The van der Waals surface area contributed by atoms with E-state index in [9.17, 15) is 14.7 Å². The second-order valence-corrected chi connectivity index (χ2v) is 9.06. The first kappa shape index (κ1) is 19.4. The summed E-state index contributed by atoms with van der Waals surface area (Å²) in [4.78, 5) is 29.8. The normalized spacial score (nSPS) is 22.0. The Bertz CT molecular complexity index is 758. The van der Waals surface area contributed by atoms with Crippen LogP contribution in [-0.2, 0) is 24.3 Å². The molecule has 7 nitrogen and oxygen atoms in total. The van der Waals surface area contributed by atoms with Crippen LogP contribution in [0.15, 0.2) is 0 Å². The fourth-order valence-electron chi connectivity index (χ4n) is 5.40. The van der Waals surface area contributed by atoms with Gasteiger partial charge in [0.05, 0.1) is 0 Å². The highest BCUT2D eigenvalue weighted by Crippen LogP contribution is 2.40. The summed E-state index contributed by atoms with van der Waals surface area (Å²) in [5.74, 6) is -0.393. The third-order valence-electron chi connectivity index (χ3n) is 6.70. The third kappa shape index (κ3) is 3.23. The minimum Gasteiger partial charge on any atom is -0.476 e. The summed E-state index contributed by atoms with van der Waals surface area (Å²) < 4.78 is 1.86. The third-order valence-corrected chi connectivity index (χ3v) is 6.70. The van der Waals surface area contributed by atoms with Gasteiger partial charge in [-0.1, -0.05) is 26.7 Å². The van der Waals surface area contributed by atoms with Gasteiger partial charge in [-0.25, -0.2) is 4.79 Å². The van der Waals surface area contributed by atoms with Gasteiger partial charge in [-0.2, -0.15) is 5.10 Å². The van der Waals surface area contributed by atoms with Gasteiger partial charge in [0.25, 0.3) is 0 Å². The van der Waals surface area contributed by atoms with E-state index >= 15 is 0 Å². The Kier molecular flexibility index (Phi) is 5.21. The lowest BCUT2D eigenvalue weighted by atomic mass is 9.91. The number of fused-ring (bicyclic) bond motifs is 1. The minimum absolute atomic E-state index is 0.120. The number of hydrogen-bond donors (Lipinski definition) is 1. The van der Waals surface area contributed by atoms with Gasteiger partial charge in [0.15, 0.2) is 5.69 Å². The molecular weight excluding hydrogens is 356 g/mol. The second-order valence-electron chi connectivity index (χ2n) is 9.06.